The van der Waals surface area contributed by atoms with Gasteiger partial charge in [-0.2, -0.15) is 0 Å². The van der Waals surface area contributed by atoms with E-state index in [1.165, 1.54) is 0 Å². The fourth-order valence-corrected chi connectivity index (χ4v) is 1.36. The van der Waals surface area contributed by atoms with Gasteiger partial charge in [0.25, 0.3) is 0 Å². The normalized spacial score (nSPS) is 10.4. The second kappa shape index (κ2) is 4.48. The van der Waals surface area contributed by atoms with E-state index in [0.717, 1.165) is 18.2 Å². The third kappa shape index (κ3) is 2.28. The van der Waals surface area contributed by atoms with Crippen molar-refractivity contribution >= 4 is 11.9 Å². The molecular formula is C11H5F2NO5. The first kappa shape index (κ1) is 12.7. The monoisotopic (exact) mass is 269 g/mol. The Balaban J connectivity index is 2.57. The summed E-state index contributed by atoms with van der Waals surface area (Å²) < 4.78 is 30.5. The van der Waals surface area contributed by atoms with Gasteiger partial charge in [-0.25, -0.2) is 23.4 Å². The Bertz CT molecular complexity index is 648. The molecule has 0 aliphatic rings. The summed E-state index contributed by atoms with van der Waals surface area (Å²) in [5.74, 6) is -6.83. The minimum atomic E-state index is -1.63. The Kier molecular flexibility index (Phi) is 2.99. The van der Waals surface area contributed by atoms with E-state index in [1.807, 2.05) is 0 Å². The molecule has 0 bridgehead atoms. The van der Waals surface area contributed by atoms with Crippen LogP contribution in [0.4, 0.5) is 8.78 Å². The summed E-state index contributed by atoms with van der Waals surface area (Å²) in [6.45, 7) is 0. The highest BCUT2D eigenvalue weighted by atomic mass is 19.2. The minimum absolute atomic E-state index is 0.0751. The molecule has 0 unspecified atom stereocenters. The van der Waals surface area contributed by atoms with Crippen molar-refractivity contribution in [3.8, 4) is 11.5 Å². The smallest absolute Gasteiger partial charge is 0.374 e. The van der Waals surface area contributed by atoms with E-state index >= 15 is 0 Å². The van der Waals surface area contributed by atoms with Crippen LogP contribution < -0.4 is 0 Å². The van der Waals surface area contributed by atoms with Crippen LogP contribution in [0.2, 0.25) is 0 Å². The van der Waals surface area contributed by atoms with Crippen molar-refractivity contribution in [2.45, 2.75) is 0 Å². The van der Waals surface area contributed by atoms with Crippen molar-refractivity contribution in [2.24, 2.45) is 0 Å². The number of carbonyl (C=O) groups is 2. The Labute approximate surface area is 103 Å². The van der Waals surface area contributed by atoms with Crippen LogP contribution in [0.1, 0.15) is 21.0 Å². The molecule has 19 heavy (non-hydrogen) atoms. The van der Waals surface area contributed by atoms with Crippen molar-refractivity contribution in [2.75, 3.05) is 0 Å². The summed E-state index contributed by atoms with van der Waals surface area (Å²) in [7, 11) is 0. The van der Waals surface area contributed by atoms with Gasteiger partial charge in [0.1, 0.15) is 0 Å². The summed E-state index contributed by atoms with van der Waals surface area (Å²) in [4.78, 5) is 25.0. The maximum absolute atomic E-state index is 13.0. The zero-order valence-corrected chi connectivity index (χ0v) is 9.05. The summed E-state index contributed by atoms with van der Waals surface area (Å²) in [5.41, 5.74) is -0.888. The second-order valence-corrected chi connectivity index (χ2v) is 3.44. The quantitative estimate of drug-likeness (QED) is 0.883. The lowest BCUT2D eigenvalue weighted by Gasteiger charge is -1.96. The molecule has 0 aliphatic carbocycles. The Morgan fingerprint density at radius 1 is 1.11 bits per heavy atom. The average Bonchev–Trinajstić information content (AvgIpc) is 2.78. The first-order chi connectivity index (χ1) is 8.90. The molecule has 2 aromatic rings. The molecule has 0 atom stereocenters. The highest BCUT2D eigenvalue weighted by Gasteiger charge is 2.25. The van der Waals surface area contributed by atoms with Gasteiger partial charge in [0, 0.05) is 5.56 Å². The fraction of sp³-hybridized carbons (Fsp3) is 0. The maximum Gasteiger partial charge on any atom is 0.374 e. The van der Waals surface area contributed by atoms with Gasteiger partial charge in [0.15, 0.2) is 11.6 Å². The van der Waals surface area contributed by atoms with Crippen LogP contribution in [0.25, 0.3) is 11.5 Å². The van der Waals surface area contributed by atoms with Gasteiger partial charge in [-0.05, 0) is 18.2 Å². The van der Waals surface area contributed by atoms with E-state index in [-0.39, 0.29) is 5.56 Å². The highest BCUT2D eigenvalue weighted by molar-refractivity contribution is 5.98. The molecule has 2 N–H and O–H groups in total. The van der Waals surface area contributed by atoms with Gasteiger partial charge in [-0.3, -0.25) is 0 Å². The molecule has 0 spiro atoms. The largest absolute Gasteiger partial charge is 0.476 e. The number of hydrogen-bond donors (Lipinski definition) is 2. The van der Waals surface area contributed by atoms with Crippen LogP contribution in [0.5, 0.6) is 0 Å². The van der Waals surface area contributed by atoms with Crippen LogP contribution in [0.3, 0.4) is 0 Å². The van der Waals surface area contributed by atoms with E-state index in [9.17, 15) is 18.4 Å². The van der Waals surface area contributed by atoms with Crippen LogP contribution in [0.15, 0.2) is 22.6 Å². The summed E-state index contributed by atoms with van der Waals surface area (Å²) in [6.07, 6.45) is 0. The first-order valence-corrected chi connectivity index (χ1v) is 4.83. The van der Waals surface area contributed by atoms with Gasteiger partial charge < -0.3 is 14.6 Å². The molecule has 8 heteroatoms. The number of nitrogens with zero attached hydrogens (tertiary/aromatic N) is 1. The molecule has 0 aliphatic heterocycles. The third-order valence-electron chi connectivity index (χ3n) is 2.19. The number of aromatic nitrogens is 1. The van der Waals surface area contributed by atoms with Crippen LogP contribution >= 0.6 is 0 Å². The van der Waals surface area contributed by atoms with Gasteiger partial charge in [-0.1, -0.05) is 0 Å². The predicted molar refractivity (Wildman–Crippen MR) is 55.8 cm³/mol. The van der Waals surface area contributed by atoms with Crippen molar-refractivity contribution < 1.29 is 33.0 Å². The lowest BCUT2D eigenvalue weighted by Crippen LogP contribution is -2.05. The summed E-state index contributed by atoms with van der Waals surface area (Å²) in [5, 5.41) is 17.5. The first-order valence-electron chi connectivity index (χ1n) is 4.83. The lowest BCUT2D eigenvalue weighted by atomic mass is 10.2. The van der Waals surface area contributed by atoms with Gasteiger partial charge in [0.2, 0.25) is 17.3 Å². The summed E-state index contributed by atoms with van der Waals surface area (Å²) >= 11 is 0. The van der Waals surface area contributed by atoms with E-state index in [2.05, 4.69) is 4.98 Å². The topological polar surface area (TPSA) is 101 Å². The molecular weight excluding hydrogens is 264 g/mol. The van der Waals surface area contributed by atoms with Crippen LogP contribution in [-0.4, -0.2) is 27.1 Å². The van der Waals surface area contributed by atoms with E-state index in [1.54, 1.807) is 0 Å². The minimum Gasteiger partial charge on any atom is -0.476 e. The number of benzene rings is 1. The molecule has 98 valence electrons. The number of hydrogen-bond acceptors (Lipinski definition) is 4. The second-order valence-electron chi connectivity index (χ2n) is 3.44. The van der Waals surface area contributed by atoms with E-state index in [0.29, 0.717) is 0 Å². The molecule has 6 nitrogen and oxygen atoms in total. The third-order valence-corrected chi connectivity index (χ3v) is 2.19. The van der Waals surface area contributed by atoms with Crippen LogP contribution in [-0.2, 0) is 0 Å². The Morgan fingerprint density at radius 3 is 2.26 bits per heavy atom. The number of halogens is 2. The number of rotatable bonds is 3. The zero-order valence-electron chi connectivity index (χ0n) is 9.05. The molecule has 1 aromatic heterocycles. The van der Waals surface area contributed by atoms with E-state index in [4.69, 9.17) is 14.6 Å². The number of carboxylic acid groups (broad SMARTS) is 2. The number of oxazole rings is 1. The van der Waals surface area contributed by atoms with Gasteiger partial charge in [-0.15, -0.1) is 0 Å². The molecule has 0 saturated heterocycles. The van der Waals surface area contributed by atoms with Crippen molar-refractivity contribution in [1.82, 2.24) is 4.98 Å². The zero-order chi connectivity index (χ0) is 14.2. The number of aromatic carboxylic acids is 2. The molecule has 0 amide bonds. The number of carboxylic acids is 2. The molecule has 0 saturated carbocycles. The Morgan fingerprint density at radius 2 is 1.79 bits per heavy atom. The fourth-order valence-electron chi connectivity index (χ4n) is 1.36. The highest BCUT2D eigenvalue weighted by Crippen LogP contribution is 2.23. The Hall–Kier alpha value is -2.77. The van der Waals surface area contributed by atoms with Crippen molar-refractivity contribution in [1.29, 1.82) is 0 Å². The lowest BCUT2D eigenvalue weighted by molar-refractivity contribution is 0.0624. The SMILES string of the molecule is O=C(O)c1nc(-c2ccc(F)c(F)c2)oc1C(=O)O. The summed E-state index contributed by atoms with van der Waals surface area (Å²) in [6, 6.07) is 2.59. The van der Waals surface area contributed by atoms with Gasteiger partial charge in [0.05, 0.1) is 0 Å². The predicted octanol–water partition coefficient (Wildman–Crippen LogP) is 2.02. The van der Waals surface area contributed by atoms with Crippen molar-refractivity contribution in [3.05, 3.63) is 41.3 Å². The molecule has 1 aromatic carbocycles. The van der Waals surface area contributed by atoms with Crippen molar-refractivity contribution in [3.63, 3.8) is 0 Å². The maximum atomic E-state index is 13.0. The van der Waals surface area contributed by atoms with Crippen LogP contribution in [0, 0.1) is 11.6 Å². The average molecular weight is 269 g/mol. The van der Waals surface area contributed by atoms with Gasteiger partial charge >= 0.3 is 11.9 Å². The molecule has 0 fully saturated rings. The molecule has 0 radical (unpaired) electrons. The standard InChI is InChI=1S/C11H5F2NO5/c12-5-2-1-4(3-6(5)13)9-14-7(10(15)16)8(19-9)11(17)18/h1-3H,(H,15,16)(H,17,18). The van der Waals surface area contributed by atoms with E-state index < -0.39 is 40.9 Å². The molecule has 2 rings (SSSR count). The molecule has 1 heterocycles.